The molecule has 0 radical (unpaired) electrons. The summed E-state index contributed by atoms with van der Waals surface area (Å²) in [6.07, 6.45) is -0.895. The van der Waals surface area contributed by atoms with Crippen LogP contribution >= 0.6 is 0 Å². The predicted octanol–water partition coefficient (Wildman–Crippen LogP) is 1.61. The standard InChI is InChI=1S/C15H16F3N3O3/c16-15(17,18)9-20-5-1-2-10(13(20)22)14(23)21-6-7-24-12-3-4-19-8-11(12)21/h3-4,8,10H,1-2,5-7,9H2. The Labute approximate surface area is 136 Å². The molecule has 2 aliphatic rings. The van der Waals surface area contributed by atoms with Gasteiger partial charge in [-0.15, -0.1) is 0 Å². The molecule has 0 spiro atoms. The summed E-state index contributed by atoms with van der Waals surface area (Å²) in [5.74, 6) is -1.88. The fourth-order valence-corrected chi connectivity index (χ4v) is 3.03. The number of aromatic nitrogens is 1. The second-order valence-corrected chi connectivity index (χ2v) is 5.75. The lowest BCUT2D eigenvalue weighted by Gasteiger charge is -2.36. The molecule has 3 heterocycles. The Balaban J connectivity index is 1.79. The van der Waals surface area contributed by atoms with Gasteiger partial charge < -0.3 is 14.5 Å². The molecule has 1 atom stereocenters. The van der Waals surface area contributed by atoms with Crippen molar-refractivity contribution in [2.75, 3.05) is 31.1 Å². The molecule has 0 saturated carbocycles. The Hall–Kier alpha value is -2.32. The molecule has 0 N–H and O–H groups in total. The van der Waals surface area contributed by atoms with E-state index < -0.39 is 30.5 Å². The number of carbonyl (C=O) groups is 2. The van der Waals surface area contributed by atoms with Crippen molar-refractivity contribution >= 4 is 17.5 Å². The van der Waals surface area contributed by atoms with Crippen molar-refractivity contribution in [2.24, 2.45) is 5.92 Å². The third kappa shape index (κ3) is 3.29. The molecule has 2 amide bonds. The number of alkyl halides is 3. The number of rotatable bonds is 2. The van der Waals surface area contributed by atoms with Crippen LogP contribution in [0.2, 0.25) is 0 Å². The maximum absolute atomic E-state index is 12.8. The first-order valence-electron chi connectivity index (χ1n) is 7.60. The van der Waals surface area contributed by atoms with Crippen LogP contribution in [0.15, 0.2) is 18.5 Å². The number of likely N-dealkylation sites (tertiary alicyclic amines) is 1. The van der Waals surface area contributed by atoms with Crippen LogP contribution in [0.5, 0.6) is 5.75 Å². The minimum absolute atomic E-state index is 0.0172. The zero-order valence-electron chi connectivity index (χ0n) is 12.8. The first kappa shape index (κ1) is 16.5. The fraction of sp³-hybridized carbons (Fsp3) is 0.533. The molecule has 6 nitrogen and oxygen atoms in total. The molecule has 0 aromatic carbocycles. The van der Waals surface area contributed by atoms with Gasteiger partial charge in [-0.25, -0.2) is 0 Å². The maximum Gasteiger partial charge on any atom is 0.406 e. The van der Waals surface area contributed by atoms with Crippen molar-refractivity contribution in [2.45, 2.75) is 19.0 Å². The van der Waals surface area contributed by atoms with Gasteiger partial charge in [-0.05, 0) is 12.8 Å². The number of amides is 2. The number of piperidine rings is 1. The molecular weight excluding hydrogens is 327 g/mol. The summed E-state index contributed by atoms with van der Waals surface area (Å²) in [7, 11) is 0. The van der Waals surface area contributed by atoms with Crippen LogP contribution in [0.25, 0.3) is 0 Å². The van der Waals surface area contributed by atoms with Gasteiger partial charge in [0.25, 0.3) is 0 Å². The van der Waals surface area contributed by atoms with Gasteiger partial charge in [0.05, 0.1) is 12.7 Å². The van der Waals surface area contributed by atoms with Crippen LogP contribution in [0.4, 0.5) is 18.9 Å². The molecule has 130 valence electrons. The maximum atomic E-state index is 12.8. The van der Waals surface area contributed by atoms with Crippen molar-refractivity contribution in [1.29, 1.82) is 0 Å². The summed E-state index contributed by atoms with van der Waals surface area (Å²) in [6.45, 7) is -0.809. The van der Waals surface area contributed by atoms with Crippen molar-refractivity contribution in [3.8, 4) is 5.75 Å². The Bertz CT molecular complexity index is 650. The molecule has 9 heteroatoms. The molecule has 24 heavy (non-hydrogen) atoms. The zero-order chi connectivity index (χ0) is 17.3. The molecule has 1 fully saturated rings. The Morgan fingerprint density at radius 2 is 2.17 bits per heavy atom. The molecule has 1 saturated heterocycles. The molecule has 1 aromatic rings. The van der Waals surface area contributed by atoms with Gasteiger partial charge in [-0.1, -0.05) is 0 Å². The SMILES string of the molecule is O=C1C(C(=O)N2CCOc3ccncc32)CCCN1CC(F)(F)F. The highest BCUT2D eigenvalue weighted by atomic mass is 19.4. The molecule has 0 aliphatic carbocycles. The number of nitrogens with zero attached hydrogens (tertiary/aromatic N) is 3. The van der Waals surface area contributed by atoms with E-state index in [0.717, 1.165) is 4.90 Å². The number of anilines is 1. The van der Waals surface area contributed by atoms with Gasteiger partial charge in [0.15, 0.2) is 0 Å². The number of carbonyl (C=O) groups excluding carboxylic acids is 2. The van der Waals surface area contributed by atoms with Crippen molar-refractivity contribution in [3.63, 3.8) is 0 Å². The monoisotopic (exact) mass is 343 g/mol. The van der Waals surface area contributed by atoms with Crippen molar-refractivity contribution in [3.05, 3.63) is 18.5 Å². The predicted molar refractivity (Wildman–Crippen MR) is 77.4 cm³/mol. The van der Waals surface area contributed by atoms with E-state index in [4.69, 9.17) is 4.74 Å². The van der Waals surface area contributed by atoms with Crippen LogP contribution in [0, 0.1) is 5.92 Å². The zero-order valence-corrected chi connectivity index (χ0v) is 12.8. The molecular formula is C15H16F3N3O3. The molecule has 1 unspecified atom stereocenters. The number of fused-ring (bicyclic) bond motifs is 1. The average molecular weight is 343 g/mol. The van der Waals surface area contributed by atoms with Crippen LogP contribution in [-0.4, -0.2) is 54.1 Å². The van der Waals surface area contributed by atoms with Crippen molar-refractivity contribution < 1.29 is 27.5 Å². The van der Waals surface area contributed by atoms with Gasteiger partial charge in [-0.2, -0.15) is 13.2 Å². The first-order valence-corrected chi connectivity index (χ1v) is 7.60. The average Bonchev–Trinajstić information content (AvgIpc) is 2.54. The van der Waals surface area contributed by atoms with Gasteiger partial charge in [-0.3, -0.25) is 14.6 Å². The highest BCUT2D eigenvalue weighted by molar-refractivity contribution is 6.08. The van der Waals surface area contributed by atoms with Gasteiger partial charge >= 0.3 is 6.18 Å². The summed E-state index contributed by atoms with van der Waals surface area (Å²) in [6, 6.07) is 1.60. The van der Waals surface area contributed by atoms with E-state index in [1.54, 1.807) is 6.07 Å². The third-order valence-electron chi connectivity index (χ3n) is 4.09. The van der Waals surface area contributed by atoms with E-state index in [9.17, 15) is 22.8 Å². The lowest BCUT2D eigenvalue weighted by molar-refractivity contribution is -0.168. The van der Waals surface area contributed by atoms with Crippen LogP contribution in [0.1, 0.15) is 12.8 Å². The Morgan fingerprint density at radius 1 is 1.38 bits per heavy atom. The summed E-state index contributed by atoms with van der Waals surface area (Å²) in [5.41, 5.74) is 0.439. The summed E-state index contributed by atoms with van der Waals surface area (Å²) >= 11 is 0. The van der Waals surface area contributed by atoms with E-state index >= 15 is 0 Å². The van der Waals surface area contributed by atoms with Crippen LogP contribution in [-0.2, 0) is 9.59 Å². The van der Waals surface area contributed by atoms with E-state index in [0.29, 0.717) is 17.9 Å². The normalized spacial score (nSPS) is 21.3. The van der Waals surface area contributed by atoms with E-state index in [-0.39, 0.29) is 26.1 Å². The summed E-state index contributed by atoms with van der Waals surface area (Å²) in [4.78, 5) is 31.1. The number of pyridine rings is 1. The third-order valence-corrected chi connectivity index (χ3v) is 4.09. The van der Waals surface area contributed by atoms with E-state index in [1.807, 2.05) is 0 Å². The van der Waals surface area contributed by atoms with E-state index in [2.05, 4.69) is 4.98 Å². The van der Waals surface area contributed by atoms with Crippen molar-refractivity contribution in [1.82, 2.24) is 9.88 Å². The van der Waals surface area contributed by atoms with Crippen LogP contribution < -0.4 is 9.64 Å². The number of halogens is 3. The van der Waals surface area contributed by atoms with Gasteiger partial charge in [0.1, 0.15) is 30.5 Å². The Kier molecular flexibility index (Phi) is 4.33. The molecule has 1 aromatic heterocycles. The van der Waals surface area contributed by atoms with E-state index in [1.165, 1.54) is 17.3 Å². The number of hydrogen-bond donors (Lipinski definition) is 0. The first-order chi connectivity index (χ1) is 11.4. The second-order valence-electron chi connectivity index (χ2n) is 5.75. The quantitative estimate of drug-likeness (QED) is 0.766. The number of ether oxygens (including phenoxy) is 1. The number of hydrogen-bond acceptors (Lipinski definition) is 4. The Morgan fingerprint density at radius 3 is 2.92 bits per heavy atom. The highest BCUT2D eigenvalue weighted by Crippen LogP contribution is 2.33. The lowest BCUT2D eigenvalue weighted by atomic mass is 9.95. The molecule has 3 rings (SSSR count). The second kappa shape index (κ2) is 6.29. The fourth-order valence-electron chi connectivity index (χ4n) is 3.03. The minimum atomic E-state index is -4.48. The molecule has 0 bridgehead atoms. The van der Waals surface area contributed by atoms with Crippen LogP contribution in [0.3, 0.4) is 0 Å². The largest absolute Gasteiger partial charge is 0.489 e. The minimum Gasteiger partial charge on any atom is -0.489 e. The summed E-state index contributed by atoms with van der Waals surface area (Å²) in [5, 5.41) is 0. The lowest BCUT2D eigenvalue weighted by Crippen LogP contribution is -2.52. The smallest absolute Gasteiger partial charge is 0.406 e. The van der Waals surface area contributed by atoms with Gasteiger partial charge in [0, 0.05) is 18.8 Å². The summed E-state index contributed by atoms with van der Waals surface area (Å²) < 4.78 is 43.2. The van der Waals surface area contributed by atoms with Gasteiger partial charge in [0.2, 0.25) is 11.8 Å². The topological polar surface area (TPSA) is 62.7 Å². The molecule has 2 aliphatic heterocycles. The highest BCUT2D eigenvalue weighted by Gasteiger charge is 2.42.